The first-order chi connectivity index (χ1) is 6.15. The quantitative estimate of drug-likeness (QED) is 0.695. The molecule has 1 aromatic rings. The molecule has 0 heterocycles. The fourth-order valence-corrected chi connectivity index (χ4v) is 0.990. The van der Waals surface area contributed by atoms with E-state index in [9.17, 15) is 4.79 Å². The Balaban J connectivity index is 2.83. The Hall–Kier alpha value is -1.51. The van der Waals surface area contributed by atoms with Crippen molar-refractivity contribution >= 4 is 11.6 Å². The van der Waals surface area contributed by atoms with Crippen molar-refractivity contribution in [3.8, 4) is 0 Å². The molecule has 0 radical (unpaired) electrons. The number of nitrogen functional groups attached to an aromatic ring is 1. The highest BCUT2D eigenvalue weighted by Gasteiger charge is 2.08. The molecule has 2 N–H and O–H groups in total. The fraction of sp³-hybridized carbons (Fsp3) is 0.300. The number of amides is 1. The molecule has 0 saturated heterocycles. The molecule has 3 nitrogen and oxygen atoms in total. The lowest BCUT2D eigenvalue weighted by atomic mass is 10.2. The van der Waals surface area contributed by atoms with E-state index in [2.05, 4.69) is 0 Å². The molecule has 0 aromatic heterocycles. The summed E-state index contributed by atoms with van der Waals surface area (Å²) >= 11 is 0. The van der Waals surface area contributed by atoms with Crippen LogP contribution < -0.4 is 5.73 Å². The Labute approximate surface area is 78.2 Å². The molecule has 70 valence electrons. The van der Waals surface area contributed by atoms with Gasteiger partial charge < -0.3 is 10.6 Å². The van der Waals surface area contributed by atoms with Gasteiger partial charge in [0.05, 0.1) is 0 Å². The average Bonchev–Trinajstić information content (AvgIpc) is 2.17. The van der Waals surface area contributed by atoms with Crippen LogP contribution in [0.15, 0.2) is 24.3 Å². The highest BCUT2D eigenvalue weighted by molar-refractivity contribution is 5.94. The van der Waals surface area contributed by atoms with Crippen molar-refractivity contribution in [3.05, 3.63) is 29.8 Å². The maximum absolute atomic E-state index is 11.6. The number of carbonyl (C=O) groups is 1. The molecule has 0 saturated carbocycles. The van der Waals surface area contributed by atoms with Crippen LogP contribution in [0.1, 0.15) is 17.3 Å². The van der Waals surface area contributed by atoms with E-state index in [1.165, 1.54) is 0 Å². The second kappa shape index (κ2) is 3.94. The number of benzene rings is 1. The second-order valence-corrected chi connectivity index (χ2v) is 2.94. The van der Waals surface area contributed by atoms with Gasteiger partial charge in [0, 0.05) is 24.8 Å². The van der Waals surface area contributed by atoms with Gasteiger partial charge in [0.1, 0.15) is 0 Å². The third-order valence-corrected chi connectivity index (χ3v) is 1.98. The molecule has 1 rings (SSSR count). The molecule has 0 aliphatic rings. The minimum atomic E-state index is 0.0301. The van der Waals surface area contributed by atoms with Crippen molar-refractivity contribution in [2.45, 2.75) is 6.92 Å². The topological polar surface area (TPSA) is 46.3 Å². The van der Waals surface area contributed by atoms with Crippen molar-refractivity contribution < 1.29 is 4.79 Å². The van der Waals surface area contributed by atoms with Crippen LogP contribution in [0.3, 0.4) is 0 Å². The number of nitrogens with two attached hydrogens (primary N) is 1. The van der Waals surface area contributed by atoms with Gasteiger partial charge in [0.25, 0.3) is 5.91 Å². The number of carbonyl (C=O) groups excluding carboxylic acids is 1. The van der Waals surface area contributed by atoms with Crippen LogP contribution in [0.2, 0.25) is 0 Å². The van der Waals surface area contributed by atoms with E-state index >= 15 is 0 Å². The summed E-state index contributed by atoms with van der Waals surface area (Å²) in [6, 6.07) is 6.95. The summed E-state index contributed by atoms with van der Waals surface area (Å²) in [4.78, 5) is 13.2. The molecule has 3 heteroatoms. The molecule has 1 aromatic carbocycles. The molecule has 1 amide bonds. The van der Waals surface area contributed by atoms with Crippen LogP contribution >= 0.6 is 0 Å². The summed E-state index contributed by atoms with van der Waals surface area (Å²) in [5.41, 5.74) is 6.87. The monoisotopic (exact) mass is 178 g/mol. The second-order valence-electron chi connectivity index (χ2n) is 2.94. The lowest BCUT2D eigenvalue weighted by Crippen LogP contribution is -2.26. The predicted molar refractivity (Wildman–Crippen MR) is 53.5 cm³/mol. The standard InChI is InChI=1S/C10H14N2O/c1-3-12(2)10(13)8-4-6-9(11)7-5-8/h4-7H,3,11H2,1-2H3. The molecular formula is C10H14N2O. The minimum Gasteiger partial charge on any atom is -0.399 e. The predicted octanol–water partition coefficient (Wildman–Crippen LogP) is 1.36. The minimum absolute atomic E-state index is 0.0301. The summed E-state index contributed by atoms with van der Waals surface area (Å²) in [6.45, 7) is 2.65. The van der Waals surface area contributed by atoms with E-state index in [4.69, 9.17) is 5.73 Å². The highest BCUT2D eigenvalue weighted by atomic mass is 16.2. The zero-order chi connectivity index (χ0) is 9.84. The zero-order valence-electron chi connectivity index (χ0n) is 7.95. The summed E-state index contributed by atoms with van der Waals surface area (Å²) in [7, 11) is 1.78. The third kappa shape index (κ3) is 2.21. The molecule has 0 spiro atoms. The smallest absolute Gasteiger partial charge is 0.253 e. The summed E-state index contributed by atoms with van der Waals surface area (Å²) in [6.07, 6.45) is 0. The highest BCUT2D eigenvalue weighted by Crippen LogP contribution is 2.07. The summed E-state index contributed by atoms with van der Waals surface area (Å²) < 4.78 is 0. The van der Waals surface area contributed by atoms with Gasteiger partial charge in [-0.15, -0.1) is 0 Å². The Bertz CT molecular complexity index is 292. The van der Waals surface area contributed by atoms with Crippen LogP contribution in [0.4, 0.5) is 5.69 Å². The number of hydrogen-bond donors (Lipinski definition) is 1. The Kier molecular flexibility index (Phi) is 2.90. The van der Waals surface area contributed by atoms with E-state index < -0.39 is 0 Å². The first kappa shape index (κ1) is 9.58. The molecule has 0 fully saturated rings. The van der Waals surface area contributed by atoms with E-state index in [0.29, 0.717) is 17.8 Å². The number of nitrogens with zero attached hydrogens (tertiary/aromatic N) is 1. The normalized spacial score (nSPS) is 9.69. The van der Waals surface area contributed by atoms with Gasteiger partial charge >= 0.3 is 0 Å². The van der Waals surface area contributed by atoms with Crippen molar-refractivity contribution in [2.75, 3.05) is 19.3 Å². The van der Waals surface area contributed by atoms with E-state index in [0.717, 1.165) is 0 Å². The molecule has 0 aliphatic carbocycles. The molecule has 0 aliphatic heterocycles. The Morgan fingerprint density at radius 2 is 1.92 bits per heavy atom. The van der Waals surface area contributed by atoms with Crippen LogP contribution in [0.5, 0.6) is 0 Å². The molecular weight excluding hydrogens is 164 g/mol. The van der Waals surface area contributed by atoms with E-state index in [1.54, 1.807) is 36.2 Å². The largest absolute Gasteiger partial charge is 0.399 e. The molecule has 0 bridgehead atoms. The van der Waals surface area contributed by atoms with Crippen LogP contribution in [0, 0.1) is 0 Å². The van der Waals surface area contributed by atoms with Gasteiger partial charge in [-0.1, -0.05) is 0 Å². The van der Waals surface area contributed by atoms with Gasteiger partial charge in [-0.05, 0) is 31.2 Å². The van der Waals surface area contributed by atoms with E-state index in [-0.39, 0.29) is 5.91 Å². The van der Waals surface area contributed by atoms with E-state index in [1.807, 2.05) is 6.92 Å². The first-order valence-electron chi connectivity index (χ1n) is 4.26. The van der Waals surface area contributed by atoms with Crippen molar-refractivity contribution in [1.82, 2.24) is 4.90 Å². The fourth-order valence-electron chi connectivity index (χ4n) is 0.990. The lowest BCUT2D eigenvalue weighted by Gasteiger charge is -2.14. The van der Waals surface area contributed by atoms with Crippen molar-refractivity contribution in [3.63, 3.8) is 0 Å². The molecule has 0 atom stereocenters. The van der Waals surface area contributed by atoms with Gasteiger partial charge in [-0.25, -0.2) is 0 Å². The van der Waals surface area contributed by atoms with Gasteiger partial charge in [-0.3, -0.25) is 4.79 Å². The average molecular weight is 178 g/mol. The SMILES string of the molecule is CCN(C)C(=O)c1ccc(N)cc1. The third-order valence-electron chi connectivity index (χ3n) is 1.98. The maximum atomic E-state index is 11.6. The van der Waals surface area contributed by atoms with Crippen molar-refractivity contribution in [2.24, 2.45) is 0 Å². The van der Waals surface area contributed by atoms with Crippen LogP contribution in [-0.4, -0.2) is 24.4 Å². The number of rotatable bonds is 2. The number of hydrogen-bond acceptors (Lipinski definition) is 2. The molecule has 13 heavy (non-hydrogen) atoms. The zero-order valence-corrected chi connectivity index (χ0v) is 7.95. The summed E-state index contributed by atoms with van der Waals surface area (Å²) in [5, 5.41) is 0. The van der Waals surface area contributed by atoms with Crippen LogP contribution in [0.25, 0.3) is 0 Å². The Morgan fingerprint density at radius 3 is 2.38 bits per heavy atom. The maximum Gasteiger partial charge on any atom is 0.253 e. The summed E-state index contributed by atoms with van der Waals surface area (Å²) in [5.74, 6) is 0.0301. The van der Waals surface area contributed by atoms with Gasteiger partial charge in [0.2, 0.25) is 0 Å². The van der Waals surface area contributed by atoms with Crippen molar-refractivity contribution in [1.29, 1.82) is 0 Å². The Morgan fingerprint density at radius 1 is 1.38 bits per heavy atom. The van der Waals surface area contributed by atoms with Crippen LogP contribution in [-0.2, 0) is 0 Å². The van der Waals surface area contributed by atoms with Gasteiger partial charge in [-0.2, -0.15) is 0 Å². The number of anilines is 1. The lowest BCUT2D eigenvalue weighted by molar-refractivity contribution is 0.0802. The first-order valence-corrected chi connectivity index (χ1v) is 4.26. The molecule has 0 unspecified atom stereocenters. The van der Waals surface area contributed by atoms with Gasteiger partial charge in [0.15, 0.2) is 0 Å².